The van der Waals surface area contributed by atoms with Gasteiger partial charge in [0.2, 0.25) is 0 Å². The maximum Gasteiger partial charge on any atom is 0.0960 e. The van der Waals surface area contributed by atoms with Gasteiger partial charge >= 0.3 is 0 Å². The highest BCUT2D eigenvalue weighted by molar-refractivity contribution is 4.84. The SMILES string of the molecule is C[NH+]1CC=CC1.[I-]. The lowest BCUT2D eigenvalue weighted by molar-refractivity contribution is -0.861. The van der Waals surface area contributed by atoms with Gasteiger partial charge in [-0.2, -0.15) is 0 Å². The Morgan fingerprint density at radius 3 is 1.86 bits per heavy atom. The fraction of sp³-hybridized carbons (Fsp3) is 0.600. The molecule has 1 nitrogen and oxygen atoms in total. The van der Waals surface area contributed by atoms with Crippen LogP contribution in [0.5, 0.6) is 0 Å². The van der Waals surface area contributed by atoms with E-state index in [1.807, 2.05) is 0 Å². The predicted octanol–water partition coefficient (Wildman–Crippen LogP) is -3.93. The Balaban J connectivity index is 0.000000360. The quantitative estimate of drug-likeness (QED) is 0.308. The zero-order valence-electron chi connectivity index (χ0n) is 4.45. The van der Waals surface area contributed by atoms with Crippen molar-refractivity contribution >= 4 is 0 Å². The van der Waals surface area contributed by atoms with Gasteiger partial charge in [0, 0.05) is 0 Å². The smallest absolute Gasteiger partial charge is 0.0960 e. The van der Waals surface area contributed by atoms with Gasteiger partial charge < -0.3 is 28.9 Å². The van der Waals surface area contributed by atoms with E-state index in [1.165, 1.54) is 13.1 Å². The van der Waals surface area contributed by atoms with E-state index in [9.17, 15) is 0 Å². The van der Waals surface area contributed by atoms with Crippen molar-refractivity contribution in [3.05, 3.63) is 12.2 Å². The van der Waals surface area contributed by atoms with Gasteiger partial charge in [-0.3, -0.25) is 0 Å². The molecule has 0 fully saturated rings. The summed E-state index contributed by atoms with van der Waals surface area (Å²) >= 11 is 0. The molecule has 1 rings (SSSR count). The van der Waals surface area contributed by atoms with Crippen molar-refractivity contribution < 1.29 is 28.9 Å². The second kappa shape index (κ2) is 3.43. The molecule has 7 heavy (non-hydrogen) atoms. The van der Waals surface area contributed by atoms with E-state index in [0.717, 1.165) is 0 Å². The van der Waals surface area contributed by atoms with Gasteiger partial charge in [0.25, 0.3) is 0 Å². The van der Waals surface area contributed by atoms with Crippen molar-refractivity contribution in [3.63, 3.8) is 0 Å². The minimum Gasteiger partial charge on any atom is -1.00 e. The first-order valence-electron chi connectivity index (χ1n) is 2.36. The van der Waals surface area contributed by atoms with E-state index in [1.54, 1.807) is 4.90 Å². The monoisotopic (exact) mass is 211 g/mol. The summed E-state index contributed by atoms with van der Waals surface area (Å²) in [5, 5.41) is 0. The van der Waals surface area contributed by atoms with Crippen LogP contribution in [0.15, 0.2) is 12.2 Å². The lowest BCUT2D eigenvalue weighted by Crippen LogP contribution is -3.07. The van der Waals surface area contributed by atoms with Gasteiger partial charge in [0.05, 0.1) is 20.1 Å². The largest absolute Gasteiger partial charge is 1.00 e. The van der Waals surface area contributed by atoms with Crippen molar-refractivity contribution in [2.45, 2.75) is 0 Å². The Bertz CT molecular complexity index is 62.5. The Labute approximate surface area is 61.4 Å². The third kappa shape index (κ3) is 2.29. The van der Waals surface area contributed by atoms with E-state index in [-0.39, 0.29) is 24.0 Å². The first-order valence-corrected chi connectivity index (χ1v) is 2.36. The van der Waals surface area contributed by atoms with E-state index < -0.39 is 0 Å². The van der Waals surface area contributed by atoms with Crippen LogP contribution in [-0.2, 0) is 0 Å². The van der Waals surface area contributed by atoms with Crippen LogP contribution in [0, 0.1) is 0 Å². The zero-order chi connectivity index (χ0) is 4.41. The van der Waals surface area contributed by atoms with Crippen molar-refractivity contribution in [3.8, 4) is 0 Å². The molecule has 0 saturated carbocycles. The fourth-order valence-electron chi connectivity index (χ4n) is 0.652. The third-order valence-electron chi connectivity index (χ3n) is 1.10. The second-order valence-corrected chi connectivity index (χ2v) is 1.84. The molecule has 1 N–H and O–H groups in total. The van der Waals surface area contributed by atoms with E-state index >= 15 is 0 Å². The molecule has 42 valence electrons. The number of likely N-dealkylation sites (N-methyl/N-ethyl adjacent to an activating group) is 1. The molecule has 1 aliphatic rings. The summed E-state index contributed by atoms with van der Waals surface area (Å²) < 4.78 is 0. The first-order chi connectivity index (χ1) is 2.89. The molecule has 0 spiro atoms. The van der Waals surface area contributed by atoms with Crippen LogP contribution >= 0.6 is 0 Å². The fourth-order valence-corrected chi connectivity index (χ4v) is 0.652. The summed E-state index contributed by atoms with van der Waals surface area (Å²) in [5.41, 5.74) is 0. The molecule has 0 atom stereocenters. The topological polar surface area (TPSA) is 4.44 Å². The maximum absolute atomic E-state index is 2.22. The highest BCUT2D eigenvalue weighted by Crippen LogP contribution is 1.68. The average molecular weight is 211 g/mol. The van der Waals surface area contributed by atoms with Crippen molar-refractivity contribution in [2.75, 3.05) is 20.1 Å². The number of hydrogen-bond donors (Lipinski definition) is 1. The second-order valence-electron chi connectivity index (χ2n) is 1.84. The molecule has 0 bridgehead atoms. The molecule has 0 saturated heterocycles. The van der Waals surface area contributed by atoms with Gasteiger partial charge in [0.1, 0.15) is 0 Å². The number of halogens is 1. The van der Waals surface area contributed by atoms with Crippen molar-refractivity contribution in [1.82, 2.24) is 0 Å². The minimum absolute atomic E-state index is 0. The lowest BCUT2D eigenvalue weighted by Gasteiger charge is -1.99. The number of nitrogens with one attached hydrogen (secondary N) is 1. The predicted molar refractivity (Wildman–Crippen MR) is 25.8 cm³/mol. The number of hydrogen-bond acceptors (Lipinski definition) is 0. The standard InChI is InChI=1S/C5H9N.HI/c1-6-4-2-3-5-6;/h2-3H,4-5H2,1H3;1H. The third-order valence-corrected chi connectivity index (χ3v) is 1.10. The van der Waals surface area contributed by atoms with Crippen LogP contribution in [0.4, 0.5) is 0 Å². The molecule has 2 heteroatoms. The molecule has 1 aliphatic heterocycles. The van der Waals surface area contributed by atoms with Crippen LogP contribution < -0.4 is 28.9 Å². The van der Waals surface area contributed by atoms with Crippen LogP contribution in [-0.4, -0.2) is 20.1 Å². The summed E-state index contributed by atoms with van der Waals surface area (Å²) in [7, 11) is 2.19. The molecule has 0 amide bonds. The van der Waals surface area contributed by atoms with Gasteiger partial charge in [-0.05, 0) is 12.2 Å². The van der Waals surface area contributed by atoms with Gasteiger partial charge in [0.15, 0.2) is 0 Å². The maximum atomic E-state index is 2.22. The van der Waals surface area contributed by atoms with Gasteiger partial charge in [-0.1, -0.05) is 0 Å². The van der Waals surface area contributed by atoms with Crippen LogP contribution in [0.25, 0.3) is 0 Å². The molecular weight excluding hydrogens is 201 g/mol. The normalized spacial score (nSPS) is 19.6. The van der Waals surface area contributed by atoms with Crippen molar-refractivity contribution in [2.24, 2.45) is 0 Å². The summed E-state index contributed by atoms with van der Waals surface area (Å²) in [6, 6.07) is 0. The average Bonchev–Trinajstić information content (AvgIpc) is 1.86. The number of quaternary nitrogens is 1. The van der Waals surface area contributed by atoms with Crippen molar-refractivity contribution in [1.29, 1.82) is 0 Å². The summed E-state index contributed by atoms with van der Waals surface area (Å²) in [5.74, 6) is 0. The Morgan fingerprint density at radius 2 is 1.71 bits per heavy atom. The molecule has 0 aliphatic carbocycles. The van der Waals surface area contributed by atoms with Crippen LogP contribution in [0.3, 0.4) is 0 Å². The Hall–Kier alpha value is 0.430. The lowest BCUT2D eigenvalue weighted by atomic mass is 10.6. The van der Waals surface area contributed by atoms with Crippen LogP contribution in [0.1, 0.15) is 0 Å². The molecule has 0 aromatic heterocycles. The Morgan fingerprint density at radius 1 is 1.29 bits per heavy atom. The Kier molecular flexibility index (Phi) is 3.65. The van der Waals surface area contributed by atoms with Gasteiger partial charge in [-0.25, -0.2) is 0 Å². The molecule has 0 aromatic carbocycles. The van der Waals surface area contributed by atoms with E-state index in [4.69, 9.17) is 0 Å². The van der Waals surface area contributed by atoms with Crippen LogP contribution in [0.2, 0.25) is 0 Å². The number of rotatable bonds is 0. The molecule has 0 radical (unpaired) electrons. The first kappa shape index (κ1) is 7.43. The summed E-state index contributed by atoms with van der Waals surface area (Å²) in [4.78, 5) is 1.59. The molecule has 0 aromatic rings. The summed E-state index contributed by atoms with van der Waals surface area (Å²) in [6.45, 7) is 2.44. The minimum atomic E-state index is 0. The zero-order valence-corrected chi connectivity index (χ0v) is 6.60. The highest BCUT2D eigenvalue weighted by Gasteiger charge is 1.98. The van der Waals surface area contributed by atoms with E-state index in [2.05, 4.69) is 19.2 Å². The highest BCUT2D eigenvalue weighted by atomic mass is 127. The van der Waals surface area contributed by atoms with Gasteiger partial charge in [-0.15, -0.1) is 0 Å². The molecule has 0 unspecified atom stereocenters. The van der Waals surface area contributed by atoms with E-state index in [0.29, 0.717) is 0 Å². The summed E-state index contributed by atoms with van der Waals surface area (Å²) in [6.07, 6.45) is 4.44. The molecular formula is C5H10IN. The molecule has 1 heterocycles.